The molecule has 1 aromatic heterocycles. The highest BCUT2D eigenvalue weighted by Gasteiger charge is 2.33. The van der Waals surface area contributed by atoms with Crippen LogP contribution in [0.4, 0.5) is 11.4 Å². The highest BCUT2D eigenvalue weighted by molar-refractivity contribution is 6.30. The molecule has 0 spiro atoms. The number of aromatic amines is 1. The fourth-order valence-electron chi connectivity index (χ4n) is 4.48. The van der Waals surface area contributed by atoms with Crippen molar-refractivity contribution in [2.45, 2.75) is 19.9 Å². The van der Waals surface area contributed by atoms with E-state index in [-0.39, 0.29) is 24.1 Å². The van der Waals surface area contributed by atoms with Gasteiger partial charge in [-0.3, -0.25) is 24.4 Å². The van der Waals surface area contributed by atoms with E-state index in [4.69, 9.17) is 11.6 Å². The number of halogens is 1. The van der Waals surface area contributed by atoms with Gasteiger partial charge in [0.25, 0.3) is 11.8 Å². The molecule has 3 amide bonds. The van der Waals surface area contributed by atoms with Crippen LogP contribution in [0.3, 0.4) is 0 Å². The highest BCUT2D eigenvalue weighted by atomic mass is 35.5. The molecule has 5 rings (SSSR count). The number of aromatic nitrogens is 2. The van der Waals surface area contributed by atoms with Crippen molar-refractivity contribution in [1.29, 1.82) is 0 Å². The lowest BCUT2D eigenvalue weighted by atomic mass is 10.1. The fourth-order valence-corrected chi connectivity index (χ4v) is 4.61. The van der Waals surface area contributed by atoms with Gasteiger partial charge in [-0.2, -0.15) is 5.10 Å². The van der Waals surface area contributed by atoms with Crippen molar-refractivity contribution < 1.29 is 14.4 Å². The number of amides is 3. The maximum absolute atomic E-state index is 13.8. The Kier molecular flexibility index (Phi) is 7.29. The lowest BCUT2D eigenvalue weighted by molar-refractivity contribution is -0.131. The molecule has 39 heavy (non-hydrogen) atoms. The molecule has 0 bridgehead atoms. The number of hydrogen-bond donors (Lipinski definition) is 1. The minimum atomic E-state index is -0.602. The molecule has 0 radical (unpaired) electrons. The van der Waals surface area contributed by atoms with Crippen LogP contribution in [0.2, 0.25) is 5.02 Å². The molecule has 4 aromatic rings. The van der Waals surface area contributed by atoms with Crippen molar-refractivity contribution in [2.24, 2.45) is 0 Å². The zero-order valence-corrected chi connectivity index (χ0v) is 22.2. The van der Waals surface area contributed by atoms with E-state index in [2.05, 4.69) is 10.2 Å². The summed E-state index contributed by atoms with van der Waals surface area (Å²) in [5, 5.41) is 8.58. The largest absolute Gasteiger partial charge is 0.308 e. The standard InChI is InChI=1S/C30H26ClN5O3/c1-20(2)36(23-14-12-21(31)13-15-23)28(37)19-34-16-17-35(22-8-4-3-5-9-22)30(39)25(29(34)38)18-27-24-10-6-7-11-26(24)32-33-27/h3-18,20H,19H2,1-2H3,(H,32,33). The van der Waals surface area contributed by atoms with Crippen molar-refractivity contribution in [1.82, 2.24) is 15.1 Å². The van der Waals surface area contributed by atoms with Crippen LogP contribution in [-0.2, 0) is 14.4 Å². The molecule has 1 N–H and O–H groups in total. The number of anilines is 2. The summed E-state index contributed by atoms with van der Waals surface area (Å²) in [5.41, 5.74) is 2.36. The van der Waals surface area contributed by atoms with E-state index in [9.17, 15) is 14.4 Å². The van der Waals surface area contributed by atoms with Gasteiger partial charge >= 0.3 is 0 Å². The lowest BCUT2D eigenvalue weighted by Crippen LogP contribution is -2.44. The number of hydrogen-bond acceptors (Lipinski definition) is 4. The third-order valence-electron chi connectivity index (χ3n) is 6.35. The molecule has 1 aliphatic rings. The first kappa shape index (κ1) is 25.9. The molecule has 0 saturated heterocycles. The summed E-state index contributed by atoms with van der Waals surface area (Å²) in [5.74, 6) is -1.44. The van der Waals surface area contributed by atoms with Crippen LogP contribution in [0.15, 0.2) is 96.8 Å². The average Bonchev–Trinajstić information content (AvgIpc) is 3.30. The summed E-state index contributed by atoms with van der Waals surface area (Å²) in [6.45, 7) is 3.51. The van der Waals surface area contributed by atoms with E-state index in [0.717, 1.165) is 10.9 Å². The van der Waals surface area contributed by atoms with Crippen LogP contribution in [0.25, 0.3) is 17.0 Å². The van der Waals surface area contributed by atoms with Crippen LogP contribution >= 0.6 is 11.6 Å². The summed E-state index contributed by atoms with van der Waals surface area (Å²) in [6.07, 6.45) is 4.45. The van der Waals surface area contributed by atoms with Gasteiger partial charge in [0.2, 0.25) is 5.91 Å². The van der Waals surface area contributed by atoms with Gasteiger partial charge in [0.1, 0.15) is 12.1 Å². The number of carbonyl (C=O) groups excluding carboxylic acids is 3. The van der Waals surface area contributed by atoms with Crippen molar-refractivity contribution in [3.8, 4) is 0 Å². The van der Waals surface area contributed by atoms with Crippen LogP contribution in [0.1, 0.15) is 19.5 Å². The van der Waals surface area contributed by atoms with Gasteiger partial charge in [-0.25, -0.2) is 0 Å². The van der Waals surface area contributed by atoms with E-state index < -0.39 is 11.8 Å². The van der Waals surface area contributed by atoms with Crippen molar-refractivity contribution in [2.75, 3.05) is 16.3 Å². The first-order valence-electron chi connectivity index (χ1n) is 12.4. The molecule has 0 atom stereocenters. The Morgan fingerprint density at radius 2 is 1.64 bits per heavy atom. The number of H-pyrrole nitrogens is 1. The van der Waals surface area contributed by atoms with Gasteiger partial charge in [0, 0.05) is 40.2 Å². The molecule has 196 valence electrons. The summed E-state index contributed by atoms with van der Waals surface area (Å²) in [7, 11) is 0. The minimum absolute atomic E-state index is 0.114. The molecule has 0 aliphatic carbocycles. The van der Waals surface area contributed by atoms with Gasteiger partial charge in [-0.15, -0.1) is 0 Å². The first-order valence-corrected chi connectivity index (χ1v) is 12.8. The number of nitrogens with one attached hydrogen (secondary N) is 1. The second-order valence-electron chi connectivity index (χ2n) is 9.29. The lowest BCUT2D eigenvalue weighted by Gasteiger charge is -2.29. The SMILES string of the molecule is CC(C)N(C(=O)CN1C=CN(c2ccccc2)C(=O)C(=Cc2n[nH]c3ccccc23)C1=O)c1ccc(Cl)cc1. The summed E-state index contributed by atoms with van der Waals surface area (Å²) in [4.78, 5) is 45.4. The fraction of sp³-hybridized carbons (Fsp3) is 0.133. The first-order chi connectivity index (χ1) is 18.8. The van der Waals surface area contributed by atoms with Gasteiger partial charge in [0.15, 0.2) is 0 Å². The number of rotatable bonds is 6. The molecule has 2 heterocycles. The molecule has 3 aromatic carbocycles. The summed E-state index contributed by atoms with van der Waals surface area (Å²) >= 11 is 6.04. The Balaban J connectivity index is 1.54. The van der Waals surface area contributed by atoms with Crippen LogP contribution in [0.5, 0.6) is 0 Å². The van der Waals surface area contributed by atoms with Gasteiger partial charge < -0.3 is 9.80 Å². The highest BCUT2D eigenvalue weighted by Crippen LogP contribution is 2.26. The van der Waals surface area contributed by atoms with Crippen LogP contribution in [0, 0.1) is 0 Å². The summed E-state index contributed by atoms with van der Waals surface area (Å²) in [6, 6.07) is 23.2. The molecular formula is C30H26ClN5O3. The Bertz CT molecular complexity index is 1590. The van der Waals surface area contributed by atoms with Gasteiger partial charge in [0.05, 0.1) is 11.2 Å². The Labute approximate surface area is 230 Å². The minimum Gasteiger partial charge on any atom is -0.308 e. The third-order valence-corrected chi connectivity index (χ3v) is 6.60. The van der Waals surface area contributed by atoms with E-state index in [1.807, 2.05) is 56.3 Å². The quantitative estimate of drug-likeness (QED) is 0.263. The van der Waals surface area contributed by atoms with E-state index in [1.54, 1.807) is 41.3 Å². The molecule has 0 fully saturated rings. The second-order valence-corrected chi connectivity index (χ2v) is 9.72. The average molecular weight is 540 g/mol. The Morgan fingerprint density at radius 1 is 0.949 bits per heavy atom. The van der Waals surface area contributed by atoms with Gasteiger partial charge in [-0.1, -0.05) is 48.0 Å². The van der Waals surface area contributed by atoms with Crippen molar-refractivity contribution in [3.05, 3.63) is 108 Å². The van der Waals surface area contributed by atoms with Crippen molar-refractivity contribution in [3.63, 3.8) is 0 Å². The van der Waals surface area contributed by atoms with Crippen LogP contribution < -0.4 is 9.80 Å². The zero-order chi connectivity index (χ0) is 27.5. The predicted molar refractivity (Wildman–Crippen MR) is 153 cm³/mol. The molecule has 0 saturated carbocycles. The molecule has 1 aliphatic heterocycles. The third kappa shape index (κ3) is 5.32. The maximum Gasteiger partial charge on any atom is 0.268 e. The monoisotopic (exact) mass is 539 g/mol. The maximum atomic E-state index is 13.8. The second kappa shape index (κ2) is 11.0. The topological polar surface area (TPSA) is 89.6 Å². The number of benzene rings is 3. The van der Waals surface area contributed by atoms with Crippen LogP contribution in [-0.4, -0.2) is 45.4 Å². The zero-order valence-electron chi connectivity index (χ0n) is 21.4. The Morgan fingerprint density at radius 3 is 2.36 bits per heavy atom. The number of fused-ring (bicyclic) bond motifs is 1. The normalized spacial score (nSPS) is 14.9. The summed E-state index contributed by atoms with van der Waals surface area (Å²) < 4.78 is 0. The molecule has 0 unspecified atom stereocenters. The number of para-hydroxylation sites is 2. The number of nitrogens with zero attached hydrogens (tertiary/aromatic N) is 4. The van der Waals surface area contributed by atoms with Crippen molar-refractivity contribution >= 4 is 57.7 Å². The van der Waals surface area contributed by atoms with E-state index >= 15 is 0 Å². The smallest absolute Gasteiger partial charge is 0.268 e. The predicted octanol–water partition coefficient (Wildman–Crippen LogP) is 5.39. The molecular weight excluding hydrogens is 514 g/mol. The number of carbonyl (C=O) groups is 3. The van der Waals surface area contributed by atoms with E-state index in [1.165, 1.54) is 28.3 Å². The molecule has 9 heteroatoms. The van der Waals surface area contributed by atoms with E-state index in [0.29, 0.717) is 22.1 Å². The molecule has 8 nitrogen and oxygen atoms in total. The van der Waals surface area contributed by atoms with Gasteiger partial charge in [-0.05, 0) is 62.4 Å². The Hall–Kier alpha value is -4.69.